The molecule has 4 rings (SSSR count). The Bertz CT molecular complexity index is 922. The minimum atomic E-state index is -0.00783. The van der Waals surface area contributed by atoms with Crippen LogP contribution in [-0.2, 0) is 13.0 Å². The van der Waals surface area contributed by atoms with Crippen LogP contribution < -0.4 is 5.32 Å². The predicted molar refractivity (Wildman–Crippen MR) is 105 cm³/mol. The second kappa shape index (κ2) is 6.78. The van der Waals surface area contributed by atoms with Crippen molar-refractivity contribution in [3.63, 3.8) is 0 Å². The highest BCUT2D eigenvalue weighted by Crippen LogP contribution is 2.26. The molecule has 1 atom stereocenters. The van der Waals surface area contributed by atoms with E-state index in [4.69, 9.17) is 12.2 Å². The van der Waals surface area contributed by atoms with Gasteiger partial charge < -0.3 is 15.3 Å². The summed E-state index contributed by atoms with van der Waals surface area (Å²) in [6.45, 7) is 0.787. The van der Waals surface area contributed by atoms with Gasteiger partial charge in [0, 0.05) is 35.4 Å². The van der Waals surface area contributed by atoms with Crippen LogP contribution in [0.25, 0.3) is 10.8 Å². The fourth-order valence-electron chi connectivity index (χ4n) is 3.41. The summed E-state index contributed by atoms with van der Waals surface area (Å²) in [4.78, 5) is 6.25. The highest BCUT2D eigenvalue weighted by atomic mass is 32.1. The highest BCUT2D eigenvalue weighted by Gasteiger charge is 2.27. The summed E-state index contributed by atoms with van der Waals surface area (Å²) in [6, 6.07) is 16.4. The average Bonchev–Trinajstić information content (AvgIpc) is 2.67. The fraction of sp³-hybridized carbons (Fsp3) is 0.200. The third-order valence-electron chi connectivity index (χ3n) is 4.75. The lowest BCUT2D eigenvalue weighted by Gasteiger charge is -2.38. The summed E-state index contributed by atoms with van der Waals surface area (Å²) in [5.41, 5.74) is 3.51. The van der Waals surface area contributed by atoms with Gasteiger partial charge >= 0.3 is 0 Å². The Balaban J connectivity index is 1.62. The Morgan fingerprint density at radius 3 is 2.84 bits per heavy atom. The van der Waals surface area contributed by atoms with Crippen LogP contribution in [0.2, 0.25) is 0 Å². The van der Waals surface area contributed by atoms with Gasteiger partial charge in [-0.2, -0.15) is 0 Å². The van der Waals surface area contributed by atoms with Crippen LogP contribution >= 0.6 is 12.2 Å². The second-order valence-electron chi connectivity index (χ2n) is 6.27. The molecule has 126 valence electrons. The van der Waals surface area contributed by atoms with Crippen LogP contribution in [0.4, 0.5) is 5.69 Å². The molecule has 0 fully saturated rings. The summed E-state index contributed by atoms with van der Waals surface area (Å²) in [5, 5.41) is 16.0. The van der Waals surface area contributed by atoms with E-state index in [-0.39, 0.29) is 12.6 Å². The number of pyridine rings is 1. The van der Waals surface area contributed by atoms with Gasteiger partial charge in [-0.3, -0.25) is 4.98 Å². The smallest absolute Gasteiger partial charge is 0.174 e. The molecule has 0 saturated heterocycles. The first-order chi connectivity index (χ1) is 12.3. The number of aromatic nitrogens is 1. The number of hydrogen-bond donors (Lipinski definition) is 2. The maximum atomic E-state index is 9.84. The van der Waals surface area contributed by atoms with Crippen LogP contribution in [0.5, 0.6) is 0 Å². The third-order valence-corrected chi connectivity index (χ3v) is 5.09. The molecule has 0 saturated carbocycles. The Morgan fingerprint density at radius 2 is 2.00 bits per heavy atom. The molecular formula is C20H19N3OS. The van der Waals surface area contributed by atoms with Gasteiger partial charge in [0.05, 0.1) is 12.6 Å². The first-order valence-corrected chi connectivity index (χ1v) is 8.75. The molecule has 0 spiro atoms. The maximum Gasteiger partial charge on any atom is 0.174 e. The van der Waals surface area contributed by atoms with Gasteiger partial charge in [-0.1, -0.05) is 36.4 Å². The van der Waals surface area contributed by atoms with E-state index in [9.17, 15) is 5.11 Å². The molecule has 0 aliphatic carbocycles. The van der Waals surface area contributed by atoms with Crippen molar-refractivity contribution in [2.45, 2.75) is 19.0 Å². The monoisotopic (exact) mass is 349 g/mol. The molecule has 1 aliphatic heterocycles. The Labute approximate surface area is 152 Å². The molecule has 4 nitrogen and oxygen atoms in total. The van der Waals surface area contributed by atoms with Gasteiger partial charge in [0.15, 0.2) is 5.11 Å². The van der Waals surface area contributed by atoms with E-state index in [0.29, 0.717) is 11.7 Å². The van der Waals surface area contributed by atoms with E-state index in [1.165, 1.54) is 11.1 Å². The largest absolute Gasteiger partial charge is 0.394 e. The van der Waals surface area contributed by atoms with Gasteiger partial charge in [-0.25, -0.2) is 0 Å². The number of nitrogens with zero attached hydrogens (tertiary/aromatic N) is 2. The number of rotatable bonds is 2. The summed E-state index contributed by atoms with van der Waals surface area (Å²) in [5.74, 6) is 0. The van der Waals surface area contributed by atoms with E-state index in [2.05, 4.69) is 27.3 Å². The SMILES string of the molecule is OCC1Cc2ccccc2CN1C(=S)Nc1cccc2cnccc12. The molecule has 0 radical (unpaired) electrons. The average molecular weight is 349 g/mol. The molecular weight excluding hydrogens is 330 g/mol. The van der Waals surface area contributed by atoms with E-state index >= 15 is 0 Å². The van der Waals surface area contributed by atoms with E-state index < -0.39 is 0 Å². The quantitative estimate of drug-likeness (QED) is 0.695. The zero-order chi connectivity index (χ0) is 17.2. The topological polar surface area (TPSA) is 48.4 Å². The van der Waals surface area contributed by atoms with Gasteiger partial charge in [0.2, 0.25) is 0 Å². The fourth-order valence-corrected chi connectivity index (χ4v) is 3.73. The van der Waals surface area contributed by atoms with Crippen molar-refractivity contribution in [1.82, 2.24) is 9.88 Å². The molecule has 3 aromatic rings. The van der Waals surface area contributed by atoms with Crippen molar-refractivity contribution < 1.29 is 5.11 Å². The van der Waals surface area contributed by atoms with Gasteiger partial charge in [0.25, 0.3) is 0 Å². The van der Waals surface area contributed by atoms with Crippen molar-refractivity contribution >= 4 is 33.8 Å². The van der Waals surface area contributed by atoms with Crippen molar-refractivity contribution in [3.05, 3.63) is 72.1 Å². The molecule has 0 amide bonds. The first kappa shape index (κ1) is 16.0. The normalized spacial score (nSPS) is 16.5. The lowest BCUT2D eigenvalue weighted by atomic mass is 9.95. The number of anilines is 1. The lowest BCUT2D eigenvalue weighted by molar-refractivity contribution is 0.168. The van der Waals surface area contributed by atoms with Crippen molar-refractivity contribution in [1.29, 1.82) is 0 Å². The molecule has 1 aliphatic rings. The van der Waals surface area contributed by atoms with E-state index in [1.54, 1.807) is 6.20 Å². The Morgan fingerprint density at radius 1 is 1.16 bits per heavy atom. The molecule has 1 unspecified atom stereocenters. The summed E-state index contributed by atoms with van der Waals surface area (Å²) >= 11 is 5.68. The number of fused-ring (bicyclic) bond motifs is 2. The molecule has 2 aromatic carbocycles. The first-order valence-electron chi connectivity index (χ1n) is 8.34. The summed E-state index contributed by atoms with van der Waals surface area (Å²) < 4.78 is 0. The standard InChI is InChI=1S/C20H19N3OS/c24-13-17-10-14-4-1-2-5-16(14)12-23(17)20(25)22-19-7-3-6-15-11-21-9-8-18(15)19/h1-9,11,17,24H,10,12-13H2,(H,22,25). The van der Waals surface area contributed by atoms with Crippen LogP contribution in [-0.4, -0.2) is 32.8 Å². The van der Waals surface area contributed by atoms with Crippen LogP contribution in [0.3, 0.4) is 0 Å². The van der Waals surface area contributed by atoms with Crippen LogP contribution in [0.1, 0.15) is 11.1 Å². The van der Waals surface area contributed by atoms with Crippen molar-refractivity contribution in [2.75, 3.05) is 11.9 Å². The number of aliphatic hydroxyl groups is 1. The molecule has 2 N–H and O–H groups in total. The molecule has 0 bridgehead atoms. The summed E-state index contributed by atoms with van der Waals surface area (Å²) in [7, 11) is 0. The van der Waals surface area contributed by atoms with E-state index in [0.717, 1.165) is 22.9 Å². The Kier molecular flexibility index (Phi) is 4.34. The number of thiocarbonyl (C=S) groups is 1. The van der Waals surface area contributed by atoms with Crippen LogP contribution in [0, 0.1) is 0 Å². The number of benzene rings is 2. The zero-order valence-corrected chi connectivity index (χ0v) is 14.5. The van der Waals surface area contributed by atoms with E-state index in [1.807, 2.05) is 42.6 Å². The third kappa shape index (κ3) is 3.08. The van der Waals surface area contributed by atoms with Crippen molar-refractivity contribution in [3.8, 4) is 0 Å². The number of aliphatic hydroxyl groups excluding tert-OH is 1. The van der Waals surface area contributed by atoms with Gasteiger partial charge in [-0.15, -0.1) is 0 Å². The molecule has 2 heterocycles. The molecule has 25 heavy (non-hydrogen) atoms. The molecule has 5 heteroatoms. The zero-order valence-electron chi connectivity index (χ0n) is 13.7. The lowest BCUT2D eigenvalue weighted by Crippen LogP contribution is -2.48. The minimum absolute atomic E-state index is 0.00783. The number of nitrogens with one attached hydrogen (secondary N) is 1. The molecule has 1 aromatic heterocycles. The Hall–Kier alpha value is -2.50. The number of hydrogen-bond acceptors (Lipinski definition) is 3. The maximum absolute atomic E-state index is 9.84. The van der Waals surface area contributed by atoms with Gasteiger partial charge in [0.1, 0.15) is 0 Å². The predicted octanol–water partition coefficient (Wildman–Crippen LogP) is 3.35. The second-order valence-corrected chi connectivity index (χ2v) is 6.66. The summed E-state index contributed by atoms with van der Waals surface area (Å²) in [6.07, 6.45) is 4.43. The van der Waals surface area contributed by atoms with Crippen LogP contribution in [0.15, 0.2) is 60.9 Å². The van der Waals surface area contributed by atoms with Crippen molar-refractivity contribution in [2.24, 2.45) is 0 Å². The van der Waals surface area contributed by atoms with Gasteiger partial charge in [-0.05, 0) is 41.9 Å². The minimum Gasteiger partial charge on any atom is -0.394 e. The highest BCUT2D eigenvalue weighted by molar-refractivity contribution is 7.80.